The van der Waals surface area contributed by atoms with Crippen LogP contribution in [-0.4, -0.2) is 20.4 Å². The molecule has 0 unspecified atom stereocenters. The van der Waals surface area contributed by atoms with Crippen molar-refractivity contribution >= 4 is 22.4 Å². The summed E-state index contributed by atoms with van der Waals surface area (Å²) in [5.74, 6) is 1.38. The first-order chi connectivity index (χ1) is 11.8. The van der Waals surface area contributed by atoms with E-state index in [0.717, 1.165) is 28.8 Å². The highest BCUT2D eigenvalue weighted by atomic mass is 15.1. The Kier molecular flexibility index (Phi) is 2.86. The van der Waals surface area contributed by atoms with Crippen LogP contribution in [0.3, 0.4) is 0 Å². The molecule has 0 radical (unpaired) electrons. The van der Waals surface area contributed by atoms with Gasteiger partial charge < -0.3 is 5.32 Å². The maximum atomic E-state index is 4.86. The molecular weight excluding hydrogens is 296 g/mol. The fourth-order valence-corrected chi connectivity index (χ4v) is 3.85. The molecule has 4 nitrogen and oxygen atoms in total. The summed E-state index contributed by atoms with van der Waals surface area (Å²) in [6.07, 6.45) is 4.78. The quantitative estimate of drug-likeness (QED) is 0.607. The molecule has 2 aromatic heterocycles. The summed E-state index contributed by atoms with van der Waals surface area (Å²) in [7, 11) is 0. The fourth-order valence-electron chi connectivity index (χ4n) is 3.85. The summed E-state index contributed by atoms with van der Waals surface area (Å²) >= 11 is 0. The average Bonchev–Trinajstić information content (AvgIpc) is 3.22. The number of nitrogens with zero attached hydrogens (tertiary/aromatic N) is 3. The molecule has 0 amide bonds. The van der Waals surface area contributed by atoms with Crippen LogP contribution in [0.2, 0.25) is 0 Å². The normalized spacial score (nSPS) is 19.7. The first-order valence-electron chi connectivity index (χ1n) is 8.36. The van der Waals surface area contributed by atoms with Gasteiger partial charge in [-0.15, -0.1) is 0 Å². The van der Waals surface area contributed by atoms with Crippen molar-refractivity contribution in [3.63, 3.8) is 0 Å². The predicted molar refractivity (Wildman–Crippen MR) is 96.5 cm³/mol. The fraction of sp³-hybridized carbons (Fsp3) is 0.200. The highest BCUT2D eigenvalue weighted by molar-refractivity contribution is 5.84. The van der Waals surface area contributed by atoms with Crippen molar-refractivity contribution in [3.05, 3.63) is 72.2 Å². The minimum atomic E-state index is 0.356. The molecule has 0 fully saturated rings. The molecule has 1 aliphatic rings. The zero-order valence-corrected chi connectivity index (χ0v) is 13.5. The smallest absolute Gasteiger partial charge is 0.153 e. The second kappa shape index (κ2) is 5.06. The number of rotatable bonds is 2. The van der Waals surface area contributed by atoms with Crippen molar-refractivity contribution in [2.45, 2.75) is 25.3 Å². The molecule has 0 saturated heterocycles. The highest BCUT2D eigenvalue weighted by Gasteiger charge is 2.29. The van der Waals surface area contributed by atoms with Gasteiger partial charge in [0.2, 0.25) is 0 Å². The van der Waals surface area contributed by atoms with Crippen LogP contribution in [-0.2, 0) is 6.42 Å². The Hall–Kier alpha value is -2.88. The maximum absolute atomic E-state index is 4.86. The van der Waals surface area contributed by atoms with Crippen LogP contribution < -0.4 is 5.32 Å². The Balaban J connectivity index is 1.59. The van der Waals surface area contributed by atoms with E-state index >= 15 is 0 Å². The Bertz CT molecular complexity index is 1050. The molecule has 118 valence electrons. The van der Waals surface area contributed by atoms with Gasteiger partial charge in [-0.25, -0.2) is 9.97 Å². The largest absolute Gasteiger partial charge is 0.365 e. The van der Waals surface area contributed by atoms with Crippen molar-refractivity contribution in [3.8, 4) is 0 Å². The third-order valence-electron chi connectivity index (χ3n) is 5.17. The molecule has 24 heavy (non-hydrogen) atoms. The van der Waals surface area contributed by atoms with Gasteiger partial charge in [0.25, 0.3) is 0 Å². The number of para-hydroxylation sites is 2. The second-order valence-corrected chi connectivity index (χ2v) is 6.54. The number of benzene rings is 2. The molecule has 1 aliphatic carbocycles. The van der Waals surface area contributed by atoms with Crippen LogP contribution >= 0.6 is 0 Å². The minimum absolute atomic E-state index is 0.356. The Morgan fingerprint density at radius 3 is 2.79 bits per heavy atom. The van der Waals surface area contributed by atoms with Crippen molar-refractivity contribution in [1.29, 1.82) is 0 Å². The molecule has 2 heterocycles. The van der Waals surface area contributed by atoms with Crippen LogP contribution in [0, 0.1) is 0 Å². The third kappa shape index (κ3) is 1.92. The van der Waals surface area contributed by atoms with E-state index in [2.05, 4.69) is 52.0 Å². The van der Waals surface area contributed by atoms with Crippen molar-refractivity contribution in [2.75, 3.05) is 5.32 Å². The second-order valence-electron chi connectivity index (χ2n) is 6.54. The van der Waals surface area contributed by atoms with Gasteiger partial charge in [0.1, 0.15) is 5.52 Å². The molecule has 5 rings (SSSR count). The third-order valence-corrected chi connectivity index (χ3v) is 5.17. The zero-order chi connectivity index (χ0) is 16.1. The molecule has 4 aromatic rings. The van der Waals surface area contributed by atoms with Crippen molar-refractivity contribution < 1.29 is 0 Å². The van der Waals surface area contributed by atoms with Gasteiger partial charge in [-0.3, -0.25) is 4.40 Å². The first kappa shape index (κ1) is 13.5. The van der Waals surface area contributed by atoms with E-state index in [1.807, 2.05) is 30.7 Å². The van der Waals surface area contributed by atoms with Gasteiger partial charge in [-0.1, -0.05) is 43.3 Å². The molecule has 4 heteroatoms. The molecule has 1 N–H and O–H groups in total. The SMILES string of the molecule is C[C@H]1c2ccccc2C[C@H]1Nc1nc2ccccc2n2cncc12. The summed E-state index contributed by atoms with van der Waals surface area (Å²) in [6, 6.07) is 17.3. The van der Waals surface area contributed by atoms with E-state index in [9.17, 15) is 0 Å². The summed E-state index contributed by atoms with van der Waals surface area (Å²) in [6.45, 7) is 2.29. The molecule has 0 spiro atoms. The number of hydrogen-bond acceptors (Lipinski definition) is 3. The van der Waals surface area contributed by atoms with Crippen LogP contribution in [0.4, 0.5) is 5.82 Å². The topological polar surface area (TPSA) is 42.2 Å². The first-order valence-corrected chi connectivity index (χ1v) is 8.36. The van der Waals surface area contributed by atoms with Crippen LogP contribution in [0.25, 0.3) is 16.6 Å². The number of anilines is 1. The lowest BCUT2D eigenvalue weighted by atomic mass is 10.0. The van der Waals surface area contributed by atoms with Crippen molar-refractivity contribution in [1.82, 2.24) is 14.4 Å². The van der Waals surface area contributed by atoms with Gasteiger partial charge in [-0.05, 0) is 29.7 Å². The van der Waals surface area contributed by atoms with Gasteiger partial charge in [0.15, 0.2) is 5.82 Å². The zero-order valence-electron chi connectivity index (χ0n) is 13.5. The Labute approximate surface area is 140 Å². The molecule has 0 saturated carbocycles. The molecule has 2 aromatic carbocycles. The lowest BCUT2D eigenvalue weighted by molar-refractivity contribution is 0.653. The summed E-state index contributed by atoms with van der Waals surface area (Å²) in [5.41, 5.74) is 5.97. The summed E-state index contributed by atoms with van der Waals surface area (Å²) < 4.78 is 2.11. The van der Waals surface area contributed by atoms with Gasteiger partial charge in [-0.2, -0.15) is 0 Å². The summed E-state index contributed by atoms with van der Waals surface area (Å²) in [5, 5.41) is 3.69. The van der Waals surface area contributed by atoms with E-state index < -0.39 is 0 Å². The van der Waals surface area contributed by atoms with E-state index in [1.54, 1.807) is 0 Å². The van der Waals surface area contributed by atoms with E-state index in [0.29, 0.717) is 12.0 Å². The van der Waals surface area contributed by atoms with E-state index in [1.165, 1.54) is 11.1 Å². The van der Waals surface area contributed by atoms with Crippen LogP contribution in [0.5, 0.6) is 0 Å². The molecule has 2 atom stereocenters. The van der Waals surface area contributed by atoms with Crippen molar-refractivity contribution in [2.24, 2.45) is 0 Å². The lowest BCUT2D eigenvalue weighted by Gasteiger charge is -2.19. The standard InChI is InChI=1S/C20H18N4/c1-13-15-7-3-2-6-14(15)10-17(13)23-20-19-11-21-12-24(19)18-9-5-4-8-16(18)22-20/h2-9,11-13,17H,10H2,1H3,(H,22,23)/t13-,17+/m0/s1. The monoisotopic (exact) mass is 314 g/mol. The maximum Gasteiger partial charge on any atom is 0.153 e. The molecule has 0 aliphatic heterocycles. The van der Waals surface area contributed by atoms with Crippen LogP contribution in [0.15, 0.2) is 61.1 Å². The Morgan fingerprint density at radius 1 is 1.04 bits per heavy atom. The number of nitrogens with one attached hydrogen (secondary N) is 1. The Morgan fingerprint density at radius 2 is 1.88 bits per heavy atom. The molecule has 0 bridgehead atoms. The number of fused-ring (bicyclic) bond motifs is 4. The highest BCUT2D eigenvalue weighted by Crippen LogP contribution is 2.35. The van der Waals surface area contributed by atoms with Crippen LogP contribution in [0.1, 0.15) is 24.0 Å². The molecular formula is C20H18N4. The van der Waals surface area contributed by atoms with Gasteiger partial charge in [0, 0.05) is 12.0 Å². The van der Waals surface area contributed by atoms with Gasteiger partial charge >= 0.3 is 0 Å². The number of hydrogen-bond donors (Lipinski definition) is 1. The minimum Gasteiger partial charge on any atom is -0.365 e. The number of aromatic nitrogens is 3. The lowest BCUT2D eigenvalue weighted by Crippen LogP contribution is -2.23. The van der Waals surface area contributed by atoms with E-state index in [-0.39, 0.29) is 0 Å². The van der Waals surface area contributed by atoms with E-state index in [4.69, 9.17) is 4.98 Å². The average molecular weight is 314 g/mol. The predicted octanol–water partition coefficient (Wildman–Crippen LogP) is 4.02. The number of imidazole rings is 1. The van der Waals surface area contributed by atoms with Gasteiger partial charge in [0.05, 0.1) is 23.6 Å². The summed E-state index contributed by atoms with van der Waals surface area (Å²) in [4.78, 5) is 9.19.